The number of rotatable bonds is 1. The topological polar surface area (TPSA) is 61.0 Å². The highest BCUT2D eigenvalue weighted by Crippen LogP contribution is 2.40. The van der Waals surface area contributed by atoms with Crippen molar-refractivity contribution >= 4 is 115 Å². The van der Waals surface area contributed by atoms with Crippen molar-refractivity contribution in [3.8, 4) is 5.69 Å². The van der Waals surface area contributed by atoms with Gasteiger partial charge in [0.15, 0.2) is 0 Å². The van der Waals surface area contributed by atoms with Gasteiger partial charge in [0.25, 0.3) is 0 Å². The minimum Gasteiger partial charge on any atom is -0.354 e. The molecular formula is C50H31BrN6. The number of fused-ring (bicyclic) bond motifs is 14. The summed E-state index contributed by atoms with van der Waals surface area (Å²) in [5.74, 6) is 0. The van der Waals surface area contributed by atoms with Crippen molar-refractivity contribution < 1.29 is 0 Å². The minimum absolute atomic E-state index is 0.655. The molecule has 268 valence electrons. The number of halogens is 1. The summed E-state index contributed by atoms with van der Waals surface area (Å²) in [5.41, 5.74) is 11.5. The lowest BCUT2D eigenvalue weighted by Crippen LogP contribution is -1.93. The second-order valence-electron chi connectivity index (χ2n) is 13.8. The normalized spacial score (nSPS) is 11.2. The molecule has 0 saturated heterocycles. The molecule has 0 saturated carbocycles. The number of hydrogen-bond acceptors (Lipinski definition) is 0. The average molecular weight is 796 g/mol. The monoisotopic (exact) mass is 794 g/mol. The van der Waals surface area contributed by atoms with E-state index in [1.54, 1.807) is 6.07 Å². The molecule has 0 fully saturated rings. The van der Waals surface area contributed by atoms with Crippen LogP contribution in [0.2, 0.25) is 0 Å². The lowest BCUT2D eigenvalue weighted by atomic mass is 10.1. The van der Waals surface area contributed by atoms with Gasteiger partial charge in [-0.1, -0.05) is 143 Å². The lowest BCUT2D eigenvalue weighted by molar-refractivity contribution is 1.19. The third-order valence-corrected chi connectivity index (χ3v) is 11.3. The SMILES string of the molecule is [C-]#[N+]c1ccccc1-n1c2ccccc2c2c3[nH]c4ccccc4c3ccc21.[C-]#[N+]c1ccccc1Br.c1ccc2c(c1)[nH]c1c2ccc2[nH]c3ccccc3c21. The summed E-state index contributed by atoms with van der Waals surface area (Å²) in [6.07, 6.45) is 0. The van der Waals surface area contributed by atoms with E-state index in [0.717, 1.165) is 32.2 Å². The highest BCUT2D eigenvalue weighted by Gasteiger charge is 2.18. The molecule has 0 aliphatic heterocycles. The first-order chi connectivity index (χ1) is 28.1. The van der Waals surface area contributed by atoms with E-state index < -0.39 is 0 Å². The van der Waals surface area contributed by atoms with Crippen molar-refractivity contribution in [2.75, 3.05) is 0 Å². The van der Waals surface area contributed by atoms with Crippen LogP contribution in [0.3, 0.4) is 0 Å². The van der Waals surface area contributed by atoms with Crippen LogP contribution in [0.4, 0.5) is 11.4 Å². The summed E-state index contributed by atoms with van der Waals surface area (Å²) in [7, 11) is 0. The minimum atomic E-state index is 0.655. The number of aromatic amines is 3. The summed E-state index contributed by atoms with van der Waals surface area (Å²) in [6.45, 7) is 14.3. The van der Waals surface area contributed by atoms with Gasteiger partial charge in [0.05, 0.1) is 40.9 Å². The zero-order chi connectivity index (χ0) is 38.5. The first kappa shape index (κ1) is 33.9. The van der Waals surface area contributed by atoms with E-state index in [2.05, 4.69) is 166 Å². The Morgan fingerprint density at radius 3 is 1.54 bits per heavy atom. The van der Waals surface area contributed by atoms with Gasteiger partial charge < -0.3 is 19.5 Å². The quantitative estimate of drug-likeness (QED) is 0.139. The Balaban J connectivity index is 0.000000118. The van der Waals surface area contributed by atoms with Crippen molar-refractivity contribution in [2.45, 2.75) is 0 Å². The molecule has 3 N–H and O–H groups in total. The molecule has 57 heavy (non-hydrogen) atoms. The van der Waals surface area contributed by atoms with Gasteiger partial charge in [0, 0.05) is 69.6 Å². The summed E-state index contributed by atoms with van der Waals surface area (Å²) in [4.78, 5) is 17.7. The second kappa shape index (κ2) is 13.9. The highest BCUT2D eigenvalue weighted by atomic mass is 79.9. The van der Waals surface area contributed by atoms with Crippen LogP contribution < -0.4 is 0 Å². The van der Waals surface area contributed by atoms with Crippen LogP contribution in [0, 0.1) is 13.1 Å². The molecule has 0 aliphatic rings. The average Bonchev–Trinajstić information content (AvgIpc) is 4.03. The smallest absolute Gasteiger partial charge is 0.210 e. The van der Waals surface area contributed by atoms with E-state index >= 15 is 0 Å². The molecule has 0 bridgehead atoms. The third-order valence-electron chi connectivity index (χ3n) is 10.7. The van der Waals surface area contributed by atoms with E-state index in [4.69, 9.17) is 13.1 Å². The van der Waals surface area contributed by atoms with Crippen LogP contribution in [-0.2, 0) is 0 Å². The van der Waals surface area contributed by atoms with Gasteiger partial charge in [-0.25, -0.2) is 9.69 Å². The zero-order valence-corrected chi connectivity index (χ0v) is 32.0. The predicted octanol–water partition coefficient (Wildman–Crippen LogP) is 14.9. The predicted molar refractivity (Wildman–Crippen MR) is 242 cm³/mol. The van der Waals surface area contributed by atoms with Crippen molar-refractivity contribution in [1.29, 1.82) is 0 Å². The molecule has 0 spiro atoms. The van der Waals surface area contributed by atoms with Crippen LogP contribution in [0.15, 0.2) is 174 Å². The maximum atomic E-state index is 7.61. The molecule has 6 nitrogen and oxygen atoms in total. The Hall–Kier alpha value is -7.58. The zero-order valence-electron chi connectivity index (χ0n) is 30.4. The Morgan fingerprint density at radius 2 is 0.895 bits per heavy atom. The van der Waals surface area contributed by atoms with Gasteiger partial charge >= 0.3 is 0 Å². The summed E-state index contributed by atoms with van der Waals surface area (Å²) < 4.78 is 3.07. The maximum absolute atomic E-state index is 7.61. The molecule has 12 rings (SSSR count). The van der Waals surface area contributed by atoms with E-state index in [-0.39, 0.29) is 0 Å². The van der Waals surface area contributed by atoms with Gasteiger partial charge in [0.1, 0.15) is 0 Å². The van der Waals surface area contributed by atoms with E-state index in [1.165, 1.54) is 65.2 Å². The molecule has 0 amide bonds. The number of para-hydroxylation sites is 7. The van der Waals surface area contributed by atoms with E-state index in [0.29, 0.717) is 11.4 Å². The Kier molecular flexibility index (Phi) is 8.29. The van der Waals surface area contributed by atoms with Gasteiger partial charge in [-0.2, -0.15) is 0 Å². The van der Waals surface area contributed by atoms with Gasteiger partial charge in [-0.05, 0) is 42.5 Å². The summed E-state index contributed by atoms with van der Waals surface area (Å²) in [6, 6.07) is 57.7. The lowest BCUT2D eigenvalue weighted by Gasteiger charge is -2.09. The molecule has 0 atom stereocenters. The van der Waals surface area contributed by atoms with Crippen LogP contribution >= 0.6 is 15.9 Å². The molecule has 4 heterocycles. The molecule has 0 aliphatic carbocycles. The third kappa shape index (κ3) is 5.61. The number of H-pyrrole nitrogens is 3. The number of aromatic nitrogens is 4. The fourth-order valence-electron chi connectivity index (χ4n) is 8.18. The van der Waals surface area contributed by atoms with Crippen LogP contribution in [-0.4, -0.2) is 19.5 Å². The number of nitrogens with one attached hydrogen (secondary N) is 3. The Morgan fingerprint density at radius 1 is 0.386 bits per heavy atom. The molecule has 4 aromatic heterocycles. The highest BCUT2D eigenvalue weighted by molar-refractivity contribution is 9.10. The molecule has 7 heteroatoms. The van der Waals surface area contributed by atoms with Crippen LogP contribution in [0.1, 0.15) is 0 Å². The number of benzene rings is 8. The first-order valence-corrected chi connectivity index (χ1v) is 19.3. The summed E-state index contributed by atoms with van der Waals surface area (Å²) >= 11 is 3.24. The van der Waals surface area contributed by atoms with Crippen molar-refractivity contribution in [2.24, 2.45) is 0 Å². The van der Waals surface area contributed by atoms with Gasteiger partial charge in [0.2, 0.25) is 11.4 Å². The number of nitrogens with zero attached hydrogens (tertiary/aromatic N) is 3. The molecule has 8 aromatic carbocycles. The Bertz CT molecular complexity index is 3580. The van der Waals surface area contributed by atoms with Crippen molar-refractivity contribution in [3.63, 3.8) is 0 Å². The molecular weight excluding hydrogens is 764 g/mol. The van der Waals surface area contributed by atoms with Crippen LogP contribution in [0.5, 0.6) is 0 Å². The Labute approximate surface area is 335 Å². The fourth-order valence-corrected chi connectivity index (χ4v) is 8.56. The largest absolute Gasteiger partial charge is 0.354 e. The van der Waals surface area contributed by atoms with Crippen molar-refractivity contribution in [3.05, 3.63) is 197 Å². The van der Waals surface area contributed by atoms with Crippen molar-refractivity contribution in [1.82, 2.24) is 19.5 Å². The van der Waals surface area contributed by atoms with E-state index in [1.807, 2.05) is 42.5 Å². The number of hydrogen-bond donors (Lipinski definition) is 3. The van der Waals surface area contributed by atoms with Gasteiger partial charge in [-0.15, -0.1) is 0 Å². The van der Waals surface area contributed by atoms with E-state index in [9.17, 15) is 0 Å². The van der Waals surface area contributed by atoms with Gasteiger partial charge in [-0.3, -0.25) is 0 Å². The maximum Gasteiger partial charge on any atom is 0.210 e. The molecule has 0 unspecified atom stereocenters. The first-order valence-electron chi connectivity index (χ1n) is 18.5. The van der Waals surface area contributed by atoms with Crippen LogP contribution in [0.25, 0.3) is 103 Å². The molecule has 12 aromatic rings. The fraction of sp³-hybridized carbons (Fsp3) is 0. The summed E-state index contributed by atoms with van der Waals surface area (Å²) in [5, 5.41) is 9.99. The molecule has 0 radical (unpaired) electrons. The standard InChI is InChI=1S/C25H15N3.C18H12N2.C7H4BrN/c1-26-20-11-5-7-13-22(20)28-21-12-6-3-9-18(21)24-23(28)15-14-17-16-8-2-4-10-19(16)27-25(17)24;1-3-7-14-11(5-1)12-9-10-16-17(18(12)20-14)13-6-2-4-8-15(13)19-16;1-9-7-5-3-2-4-6(7)8/h2-15,27H;1-10,19-20H;2-5H. The second-order valence-corrected chi connectivity index (χ2v) is 14.7.